The smallest absolute Gasteiger partial charge is 0.229 e. The molecule has 4 atom stereocenters. The van der Waals surface area contributed by atoms with Gasteiger partial charge in [0.05, 0.1) is 25.8 Å². The standard InChI is InChI=1S/C19H31N3O2/c23-19-17-15-1-2-16(11-15)18(17)22(19)13-21-5-3-14(4-6-21)12-20-7-9-24-10-8-20/h14-18H,1-13H2/t15-,16-,17+,18-/m0/s1. The van der Waals surface area contributed by atoms with E-state index in [1.54, 1.807) is 0 Å². The van der Waals surface area contributed by atoms with Gasteiger partial charge in [-0.25, -0.2) is 0 Å². The summed E-state index contributed by atoms with van der Waals surface area (Å²) >= 11 is 0. The van der Waals surface area contributed by atoms with Gasteiger partial charge < -0.3 is 9.64 Å². The minimum Gasteiger partial charge on any atom is -0.379 e. The Balaban J connectivity index is 1.09. The number of β-lactam (4-membered cyclic amide) rings is 1. The van der Waals surface area contributed by atoms with E-state index in [2.05, 4.69) is 14.7 Å². The molecule has 2 saturated carbocycles. The number of amides is 1. The maximum absolute atomic E-state index is 12.5. The molecule has 5 aliphatic rings. The normalized spacial score (nSPS) is 40.8. The van der Waals surface area contributed by atoms with E-state index in [1.165, 1.54) is 51.7 Å². The number of hydrogen-bond donors (Lipinski definition) is 0. The van der Waals surface area contributed by atoms with Gasteiger partial charge in [-0.1, -0.05) is 0 Å². The molecule has 2 bridgehead atoms. The van der Waals surface area contributed by atoms with Gasteiger partial charge in [-0.2, -0.15) is 0 Å². The SMILES string of the molecule is O=C1[C@@H]2[C@H]3CC[C@@H](C3)[C@@H]2N1CN1CCC(CN2CCOCC2)CC1. The molecule has 0 unspecified atom stereocenters. The molecular formula is C19H31N3O2. The number of likely N-dealkylation sites (tertiary alicyclic amines) is 2. The lowest BCUT2D eigenvalue weighted by Crippen LogP contribution is -2.65. The molecule has 3 aliphatic heterocycles. The second-order valence-corrected chi connectivity index (χ2v) is 8.77. The van der Waals surface area contributed by atoms with Crippen molar-refractivity contribution in [1.29, 1.82) is 0 Å². The number of rotatable bonds is 4. The van der Waals surface area contributed by atoms with Crippen LogP contribution in [0.2, 0.25) is 0 Å². The van der Waals surface area contributed by atoms with E-state index in [-0.39, 0.29) is 0 Å². The Morgan fingerprint density at radius 2 is 1.67 bits per heavy atom. The first-order chi connectivity index (χ1) is 11.8. The van der Waals surface area contributed by atoms with E-state index in [4.69, 9.17) is 4.74 Å². The average Bonchev–Trinajstić information content (AvgIpc) is 3.20. The molecule has 5 nitrogen and oxygen atoms in total. The predicted octanol–water partition coefficient (Wildman–Crippen LogP) is 1.25. The van der Waals surface area contributed by atoms with Crippen LogP contribution in [0.15, 0.2) is 0 Å². The highest BCUT2D eigenvalue weighted by molar-refractivity contribution is 5.87. The van der Waals surface area contributed by atoms with Gasteiger partial charge in [-0.3, -0.25) is 14.6 Å². The number of carbonyl (C=O) groups excluding carboxylic acids is 1. The maximum Gasteiger partial charge on any atom is 0.229 e. The molecule has 0 aromatic heterocycles. The van der Waals surface area contributed by atoms with Crippen molar-refractivity contribution in [2.45, 2.75) is 38.1 Å². The van der Waals surface area contributed by atoms with Gasteiger partial charge in [0.15, 0.2) is 0 Å². The zero-order chi connectivity index (χ0) is 16.1. The minimum atomic E-state index is 0.419. The third-order valence-corrected chi connectivity index (χ3v) is 7.48. The van der Waals surface area contributed by atoms with Crippen LogP contribution in [0.25, 0.3) is 0 Å². The summed E-state index contributed by atoms with van der Waals surface area (Å²) in [6.07, 6.45) is 6.61. The number of morpholine rings is 1. The van der Waals surface area contributed by atoms with Crippen LogP contribution in [0.3, 0.4) is 0 Å². The fraction of sp³-hybridized carbons (Fsp3) is 0.947. The Morgan fingerprint density at radius 1 is 0.917 bits per heavy atom. The summed E-state index contributed by atoms with van der Waals surface area (Å²) in [6.45, 7) is 8.51. The maximum atomic E-state index is 12.5. The van der Waals surface area contributed by atoms with Crippen LogP contribution in [0.4, 0.5) is 0 Å². The van der Waals surface area contributed by atoms with E-state index >= 15 is 0 Å². The molecule has 5 rings (SSSR count). The van der Waals surface area contributed by atoms with Gasteiger partial charge in [0, 0.05) is 38.8 Å². The molecule has 5 heteroatoms. The largest absolute Gasteiger partial charge is 0.379 e. The molecule has 2 aliphatic carbocycles. The Bertz CT molecular complexity index is 485. The average molecular weight is 333 g/mol. The summed E-state index contributed by atoms with van der Waals surface area (Å²) < 4.78 is 5.45. The number of fused-ring (bicyclic) bond motifs is 5. The summed E-state index contributed by atoms with van der Waals surface area (Å²) in [5.41, 5.74) is 0. The lowest BCUT2D eigenvalue weighted by atomic mass is 9.76. The van der Waals surface area contributed by atoms with Crippen molar-refractivity contribution in [3.63, 3.8) is 0 Å². The molecule has 3 saturated heterocycles. The van der Waals surface area contributed by atoms with Crippen molar-refractivity contribution in [2.24, 2.45) is 23.7 Å². The van der Waals surface area contributed by atoms with Gasteiger partial charge in [0.25, 0.3) is 0 Å². The number of hydrogen-bond acceptors (Lipinski definition) is 4. The fourth-order valence-corrected chi connectivity index (χ4v) is 6.15. The zero-order valence-corrected chi connectivity index (χ0v) is 14.7. The van der Waals surface area contributed by atoms with E-state index < -0.39 is 0 Å². The Morgan fingerprint density at radius 3 is 2.46 bits per heavy atom. The Kier molecular flexibility index (Phi) is 4.07. The number of carbonyl (C=O) groups is 1. The lowest BCUT2D eigenvalue weighted by molar-refractivity contribution is -0.165. The highest BCUT2D eigenvalue weighted by atomic mass is 16.5. The predicted molar refractivity (Wildman–Crippen MR) is 91.4 cm³/mol. The van der Waals surface area contributed by atoms with E-state index in [9.17, 15) is 4.79 Å². The van der Waals surface area contributed by atoms with Crippen LogP contribution < -0.4 is 0 Å². The van der Waals surface area contributed by atoms with Crippen LogP contribution in [0.5, 0.6) is 0 Å². The van der Waals surface area contributed by atoms with Crippen molar-refractivity contribution in [2.75, 3.05) is 52.6 Å². The van der Waals surface area contributed by atoms with Gasteiger partial charge in [-0.05, 0) is 49.9 Å². The van der Waals surface area contributed by atoms with Gasteiger partial charge in [0.2, 0.25) is 5.91 Å². The van der Waals surface area contributed by atoms with Crippen molar-refractivity contribution in [3.05, 3.63) is 0 Å². The molecule has 0 spiro atoms. The third kappa shape index (κ3) is 2.60. The monoisotopic (exact) mass is 333 g/mol. The Labute approximate surface area is 145 Å². The van der Waals surface area contributed by atoms with E-state index in [0.717, 1.165) is 50.7 Å². The molecule has 5 fully saturated rings. The van der Waals surface area contributed by atoms with Crippen LogP contribution in [-0.4, -0.2) is 79.3 Å². The molecule has 134 valence electrons. The van der Waals surface area contributed by atoms with Crippen molar-refractivity contribution >= 4 is 5.91 Å². The van der Waals surface area contributed by atoms with Crippen LogP contribution in [0.1, 0.15) is 32.1 Å². The van der Waals surface area contributed by atoms with E-state index in [0.29, 0.717) is 17.9 Å². The minimum absolute atomic E-state index is 0.419. The Hall–Kier alpha value is -0.650. The second-order valence-electron chi connectivity index (χ2n) is 8.77. The highest BCUT2D eigenvalue weighted by Gasteiger charge is 2.61. The van der Waals surface area contributed by atoms with Crippen molar-refractivity contribution in [1.82, 2.24) is 14.7 Å². The lowest BCUT2D eigenvalue weighted by Gasteiger charge is -2.51. The molecule has 0 N–H and O–H groups in total. The number of ether oxygens (including phenoxy) is 1. The number of piperidine rings is 1. The quantitative estimate of drug-likeness (QED) is 0.726. The summed E-state index contributed by atoms with van der Waals surface area (Å²) in [7, 11) is 0. The highest BCUT2D eigenvalue weighted by Crippen LogP contribution is 2.56. The molecule has 24 heavy (non-hydrogen) atoms. The van der Waals surface area contributed by atoms with E-state index in [1.807, 2.05) is 0 Å². The summed E-state index contributed by atoms with van der Waals surface area (Å²) in [5.74, 6) is 3.30. The molecular weight excluding hydrogens is 302 g/mol. The molecule has 0 aromatic rings. The van der Waals surface area contributed by atoms with Crippen molar-refractivity contribution < 1.29 is 9.53 Å². The van der Waals surface area contributed by atoms with Gasteiger partial charge >= 0.3 is 0 Å². The summed E-state index contributed by atoms with van der Waals surface area (Å²) in [5, 5.41) is 0. The van der Waals surface area contributed by atoms with Crippen LogP contribution in [0, 0.1) is 23.7 Å². The second kappa shape index (κ2) is 6.26. The third-order valence-electron chi connectivity index (χ3n) is 7.48. The van der Waals surface area contributed by atoms with Gasteiger partial charge in [-0.15, -0.1) is 0 Å². The first kappa shape index (κ1) is 15.6. The topological polar surface area (TPSA) is 36.0 Å². The fourth-order valence-electron chi connectivity index (χ4n) is 6.15. The molecule has 0 radical (unpaired) electrons. The molecule has 0 aromatic carbocycles. The zero-order valence-electron chi connectivity index (χ0n) is 14.7. The summed E-state index contributed by atoms with van der Waals surface area (Å²) in [6, 6.07) is 0.613. The first-order valence-electron chi connectivity index (χ1n) is 10.1. The first-order valence-corrected chi connectivity index (χ1v) is 10.1. The summed E-state index contributed by atoms with van der Waals surface area (Å²) in [4.78, 5) is 19.9. The molecule has 3 heterocycles. The van der Waals surface area contributed by atoms with Crippen LogP contribution >= 0.6 is 0 Å². The van der Waals surface area contributed by atoms with Crippen LogP contribution in [-0.2, 0) is 9.53 Å². The molecule has 1 amide bonds. The van der Waals surface area contributed by atoms with Crippen molar-refractivity contribution in [3.8, 4) is 0 Å². The van der Waals surface area contributed by atoms with Gasteiger partial charge in [0.1, 0.15) is 0 Å². The number of nitrogens with zero attached hydrogens (tertiary/aromatic N) is 3.